The molecule has 7 heteroatoms. The maximum atomic E-state index is 12.4. The van der Waals surface area contributed by atoms with E-state index < -0.39 is 0 Å². The number of hydrogen-bond acceptors (Lipinski definition) is 4. The molecule has 0 radical (unpaired) electrons. The van der Waals surface area contributed by atoms with Crippen LogP contribution in [0.1, 0.15) is 68.0 Å². The second-order valence-electron chi connectivity index (χ2n) is 6.83. The molecule has 0 unspecified atom stereocenters. The van der Waals surface area contributed by atoms with Gasteiger partial charge in [0.05, 0.1) is 18.3 Å². The number of carbonyl (C=O) groups excluding carboxylic acids is 1. The lowest BCUT2D eigenvalue weighted by molar-refractivity contribution is 0.232. The van der Waals surface area contributed by atoms with Crippen molar-refractivity contribution in [2.75, 3.05) is 0 Å². The number of rotatable bonds is 6. The molecule has 0 aliphatic heterocycles. The highest BCUT2D eigenvalue weighted by molar-refractivity contribution is 7.09. The predicted molar refractivity (Wildman–Crippen MR) is 95.0 cm³/mol. The third kappa shape index (κ3) is 3.95. The molecule has 1 saturated carbocycles. The Labute approximate surface area is 146 Å². The second kappa shape index (κ2) is 6.93. The molecule has 2 aromatic heterocycles. The molecule has 0 saturated heterocycles. The Kier molecular flexibility index (Phi) is 4.89. The molecule has 24 heavy (non-hydrogen) atoms. The summed E-state index contributed by atoms with van der Waals surface area (Å²) in [6, 6.07) is 0.0985. The van der Waals surface area contributed by atoms with E-state index in [0.29, 0.717) is 12.0 Å². The SMILES string of the molecule is Cc1csc([C@@H](NC(=O)N[C@@H](C)c2cnn(C(C)C)c2)C2CC2)n1. The molecule has 1 fully saturated rings. The van der Waals surface area contributed by atoms with Gasteiger partial charge in [-0.25, -0.2) is 9.78 Å². The highest BCUT2D eigenvalue weighted by Gasteiger charge is 2.35. The van der Waals surface area contributed by atoms with Gasteiger partial charge >= 0.3 is 6.03 Å². The molecule has 0 aromatic carbocycles. The first-order valence-corrected chi connectivity index (χ1v) is 9.35. The number of nitrogens with one attached hydrogen (secondary N) is 2. The largest absolute Gasteiger partial charge is 0.332 e. The normalized spacial score (nSPS) is 16.9. The highest BCUT2D eigenvalue weighted by Crippen LogP contribution is 2.41. The smallest absolute Gasteiger partial charge is 0.315 e. The van der Waals surface area contributed by atoms with Crippen LogP contribution in [0, 0.1) is 12.8 Å². The molecule has 2 atom stereocenters. The number of aromatic nitrogens is 3. The average molecular weight is 347 g/mol. The van der Waals surface area contributed by atoms with Gasteiger partial charge in [0.25, 0.3) is 0 Å². The first kappa shape index (κ1) is 17.0. The Hall–Kier alpha value is -1.89. The lowest BCUT2D eigenvalue weighted by atomic mass is 10.2. The van der Waals surface area contributed by atoms with E-state index in [9.17, 15) is 4.79 Å². The zero-order chi connectivity index (χ0) is 17.3. The van der Waals surface area contributed by atoms with E-state index in [4.69, 9.17) is 0 Å². The zero-order valence-electron chi connectivity index (χ0n) is 14.6. The molecule has 1 aliphatic carbocycles. The van der Waals surface area contributed by atoms with Crippen LogP contribution in [-0.4, -0.2) is 20.8 Å². The van der Waals surface area contributed by atoms with Crippen LogP contribution in [0.25, 0.3) is 0 Å². The van der Waals surface area contributed by atoms with E-state index >= 15 is 0 Å². The maximum Gasteiger partial charge on any atom is 0.315 e. The van der Waals surface area contributed by atoms with Crippen LogP contribution in [0.5, 0.6) is 0 Å². The molecular weight excluding hydrogens is 322 g/mol. The first-order valence-electron chi connectivity index (χ1n) is 8.47. The number of nitrogens with zero attached hydrogens (tertiary/aromatic N) is 3. The van der Waals surface area contributed by atoms with Gasteiger partial charge in [-0.3, -0.25) is 4.68 Å². The summed E-state index contributed by atoms with van der Waals surface area (Å²) in [5.74, 6) is 0.514. The van der Waals surface area contributed by atoms with Gasteiger partial charge in [0, 0.05) is 28.9 Å². The molecule has 2 N–H and O–H groups in total. The zero-order valence-corrected chi connectivity index (χ0v) is 15.4. The minimum Gasteiger partial charge on any atom is -0.332 e. The quantitative estimate of drug-likeness (QED) is 0.836. The minimum atomic E-state index is -0.149. The van der Waals surface area contributed by atoms with Crippen molar-refractivity contribution in [2.45, 2.75) is 58.7 Å². The molecule has 0 bridgehead atoms. The van der Waals surface area contributed by atoms with Crippen molar-refractivity contribution in [3.05, 3.63) is 34.0 Å². The third-order valence-electron chi connectivity index (χ3n) is 4.28. The van der Waals surface area contributed by atoms with Gasteiger partial charge in [-0.1, -0.05) is 0 Å². The van der Waals surface area contributed by atoms with Gasteiger partial charge in [0.2, 0.25) is 0 Å². The van der Waals surface area contributed by atoms with E-state index in [0.717, 1.165) is 29.1 Å². The third-order valence-corrected chi connectivity index (χ3v) is 5.33. The summed E-state index contributed by atoms with van der Waals surface area (Å²) in [4.78, 5) is 17.0. The molecule has 0 spiro atoms. The summed E-state index contributed by atoms with van der Waals surface area (Å²) >= 11 is 1.62. The topological polar surface area (TPSA) is 71.8 Å². The summed E-state index contributed by atoms with van der Waals surface area (Å²) in [5.41, 5.74) is 2.02. The monoisotopic (exact) mass is 347 g/mol. The van der Waals surface area contributed by atoms with Gasteiger partial charge in [-0.05, 0) is 46.5 Å². The Balaban J connectivity index is 1.61. The van der Waals surface area contributed by atoms with Crippen molar-refractivity contribution in [1.29, 1.82) is 0 Å². The van der Waals surface area contributed by atoms with Crippen LogP contribution in [-0.2, 0) is 0 Å². The summed E-state index contributed by atoms with van der Waals surface area (Å²) in [6.07, 6.45) is 6.10. The highest BCUT2D eigenvalue weighted by atomic mass is 32.1. The van der Waals surface area contributed by atoms with Gasteiger partial charge in [-0.2, -0.15) is 5.10 Å². The van der Waals surface area contributed by atoms with Gasteiger partial charge < -0.3 is 10.6 Å². The van der Waals surface area contributed by atoms with E-state index in [2.05, 4.69) is 34.6 Å². The van der Waals surface area contributed by atoms with Gasteiger partial charge in [-0.15, -0.1) is 11.3 Å². The van der Waals surface area contributed by atoms with E-state index in [1.54, 1.807) is 11.3 Å². The fourth-order valence-electron chi connectivity index (χ4n) is 2.65. The molecule has 2 heterocycles. The molecule has 2 aromatic rings. The number of urea groups is 1. The molecule has 3 rings (SSSR count). The molecule has 130 valence electrons. The summed E-state index contributed by atoms with van der Waals surface area (Å²) < 4.78 is 1.90. The standard InChI is InChI=1S/C17H25N5OS/c1-10(2)22-8-14(7-18-22)12(4)20-17(23)21-15(13-5-6-13)16-19-11(3)9-24-16/h7-10,12-13,15H,5-6H2,1-4H3,(H2,20,21,23)/t12-,15-/m0/s1. The number of hydrogen-bond donors (Lipinski definition) is 2. The summed E-state index contributed by atoms with van der Waals surface area (Å²) in [6.45, 7) is 8.12. The number of carbonyl (C=O) groups is 1. The van der Waals surface area contributed by atoms with Crippen molar-refractivity contribution in [3.8, 4) is 0 Å². The second-order valence-corrected chi connectivity index (χ2v) is 7.72. The molecular formula is C17H25N5OS. The molecule has 2 amide bonds. The summed E-state index contributed by atoms with van der Waals surface area (Å²) in [5, 5.41) is 13.5. The van der Waals surface area contributed by atoms with Crippen molar-refractivity contribution < 1.29 is 4.79 Å². The number of aryl methyl sites for hydroxylation is 1. The number of amides is 2. The lowest BCUT2D eigenvalue weighted by Gasteiger charge is -2.19. The van der Waals surface area contributed by atoms with Crippen LogP contribution >= 0.6 is 11.3 Å². The van der Waals surface area contributed by atoms with Crippen LogP contribution in [0.3, 0.4) is 0 Å². The van der Waals surface area contributed by atoms with Crippen molar-refractivity contribution in [2.24, 2.45) is 5.92 Å². The fraction of sp³-hybridized carbons (Fsp3) is 0.588. The van der Waals surface area contributed by atoms with Crippen molar-refractivity contribution >= 4 is 17.4 Å². The van der Waals surface area contributed by atoms with Crippen LogP contribution in [0.2, 0.25) is 0 Å². The summed E-state index contributed by atoms with van der Waals surface area (Å²) in [7, 11) is 0. The molecule has 6 nitrogen and oxygen atoms in total. The van der Waals surface area contributed by atoms with Gasteiger partial charge in [0.15, 0.2) is 0 Å². The predicted octanol–water partition coefficient (Wildman–Crippen LogP) is 3.74. The molecule has 1 aliphatic rings. The Morgan fingerprint density at radius 2 is 2.08 bits per heavy atom. The maximum absolute atomic E-state index is 12.4. The Bertz CT molecular complexity index is 703. The van der Waals surface area contributed by atoms with Crippen LogP contribution in [0.4, 0.5) is 4.79 Å². The lowest BCUT2D eigenvalue weighted by Crippen LogP contribution is -2.39. The first-order chi connectivity index (χ1) is 11.4. The average Bonchev–Trinajstić information content (AvgIpc) is 3.06. The minimum absolute atomic E-state index is 0.0225. The van der Waals surface area contributed by atoms with Crippen LogP contribution < -0.4 is 10.6 Å². The van der Waals surface area contributed by atoms with Gasteiger partial charge in [0.1, 0.15) is 5.01 Å². The van der Waals surface area contributed by atoms with Crippen molar-refractivity contribution in [1.82, 2.24) is 25.4 Å². The Morgan fingerprint density at radius 1 is 1.33 bits per heavy atom. The van der Waals surface area contributed by atoms with Crippen molar-refractivity contribution in [3.63, 3.8) is 0 Å². The fourth-order valence-corrected chi connectivity index (χ4v) is 3.59. The van der Waals surface area contributed by atoms with Crippen LogP contribution in [0.15, 0.2) is 17.8 Å². The Morgan fingerprint density at radius 3 is 2.62 bits per heavy atom. The van der Waals surface area contributed by atoms with E-state index in [1.807, 2.05) is 36.3 Å². The number of thiazole rings is 1. The van der Waals surface area contributed by atoms with E-state index in [-0.39, 0.29) is 18.1 Å². The van der Waals surface area contributed by atoms with E-state index in [1.165, 1.54) is 0 Å².